The predicted molar refractivity (Wildman–Crippen MR) is 101 cm³/mol. The number of nitrogens with one attached hydrogen (secondary N) is 3. The number of rotatable bonds is 4. The van der Waals surface area contributed by atoms with Crippen LogP contribution in [0, 0.1) is 0 Å². The Bertz CT molecular complexity index is 649. The second-order valence-corrected chi connectivity index (χ2v) is 7.07. The molecular formula is C18H27N5O3. The lowest BCUT2D eigenvalue weighted by Gasteiger charge is -2.40. The van der Waals surface area contributed by atoms with Gasteiger partial charge in [0.05, 0.1) is 12.6 Å². The van der Waals surface area contributed by atoms with Crippen LogP contribution >= 0.6 is 0 Å². The summed E-state index contributed by atoms with van der Waals surface area (Å²) in [5.74, 6) is 0.352. The zero-order valence-electron chi connectivity index (χ0n) is 15.7. The largest absolute Gasteiger partial charge is 0.444 e. The van der Waals surface area contributed by atoms with E-state index in [1.807, 2.05) is 51.1 Å². The number of hydrogen-bond donors (Lipinski definition) is 3. The number of carbonyl (C=O) groups excluding carboxylic acids is 2. The molecule has 0 radical (unpaired) electrons. The number of nitrogens with zero attached hydrogens (tertiary/aromatic N) is 2. The highest BCUT2D eigenvalue weighted by atomic mass is 16.6. The molecule has 1 heterocycles. The van der Waals surface area contributed by atoms with Crippen molar-refractivity contribution in [3.05, 3.63) is 30.3 Å². The quantitative estimate of drug-likeness (QED) is 0.557. The minimum atomic E-state index is -0.501. The van der Waals surface area contributed by atoms with Crippen LogP contribution in [0.3, 0.4) is 0 Å². The molecular weight excluding hydrogens is 334 g/mol. The minimum Gasteiger partial charge on any atom is -0.444 e. The van der Waals surface area contributed by atoms with E-state index in [0.717, 1.165) is 5.69 Å². The van der Waals surface area contributed by atoms with E-state index in [1.165, 1.54) is 0 Å². The predicted octanol–water partition coefficient (Wildman–Crippen LogP) is 1.41. The van der Waals surface area contributed by atoms with Crippen molar-refractivity contribution in [2.24, 2.45) is 4.99 Å². The van der Waals surface area contributed by atoms with E-state index in [4.69, 9.17) is 4.74 Å². The molecule has 0 saturated carbocycles. The number of ether oxygens (including phenoxy) is 1. The number of likely N-dealkylation sites (tertiary alicyclic amines) is 1. The molecule has 1 aromatic rings. The number of hydrogen-bond acceptors (Lipinski definition) is 4. The minimum absolute atomic E-state index is 0.0749. The summed E-state index contributed by atoms with van der Waals surface area (Å²) in [6.45, 7) is 6.68. The Kier molecular flexibility index (Phi) is 6.43. The van der Waals surface area contributed by atoms with Crippen molar-refractivity contribution in [2.45, 2.75) is 32.4 Å². The highest BCUT2D eigenvalue weighted by molar-refractivity contribution is 5.95. The lowest BCUT2D eigenvalue weighted by Crippen LogP contribution is -2.63. The summed E-state index contributed by atoms with van der Waals surface area (Å²) in [6.07, 6.45) is -0.319. The van der Waals surface area contributed by atoms with E-state index in [2.05, 4.69) is 20.9 Å². The van der Waals surface area contributed by atoms with Crippen molar-refractivity contribution in [1.29, 1.82) is 0 Å². The van der Waals surface area contributed by atoms with Crippen LogP contribution in [0.25, 0.3) is 0 Å². The van der Waals surface area contributed by atoms with Gasteiger partial charge in [0.25, 0.3) is 0 Å². The van der Waals surface area contributed by atoms with Crippen LogP contribution < -0.4 is 16.0 Å². The van der Waals surface area contributed by atoms with E-state index >= 15 is 0 Å². The van der Waals surface area contributed by atoms with Crippen LogP contribution in [0.5, 0.6) is 0 Å². The average Bonchev–Trinajstić information content (AvgIpc) is 2.52. The van der Waals surface area contributed by atoms with Crippen LogP contribution in [0.15, 0.2) is 35.3 Å². The molecule has 26 heavy (non-hydrogen) atoms. The zero-order chi connectivity index (χ0) is 19.2. The van der Waals surface area contributed by atoms with E-state index in [9.17, 15) is 9.59 Å². The van der Waals surface area contributed by atoms with Crippen molar-refractivity contribution in [3.8, 4) is 0 Å². The first-order valence-corrected chi connectivity index (χ1v) is 8.57. The van der Waals surface area contributed by atoms with Gasteiger partial charge >= 0.3 is 6.09 Å². The zero-order valence-corrected chi connectivity index (χ0v) is 15.7. The topological polar surface area (TPSA) is 95.1 Å². The molecule has 0 aliphatic carbocycles. The molecule has 2 amide bonds. The summed E-state index contributed by atoms with van der Waals surface area (Å²) in [5.41, 5.74) is 0.244. The Morgan fingerprint density at radius 3 is 2.46 bits per heavy atom. The lowest BCUT2D eigenvalue weighted by molar-refractivity contribution is -0.115. The summed E-state index contributed by atoms with van der Waals surface area (Å²) < 4.78 is 5.32. The molecule has 1 fully saturated rings. The maximum absolute atomic E-state index is 12.0. The first-order chi connectivity index (χ1) is 12.3. The number of benzene rings is 1. The van der Waals surface area contributed by atoms with Crippen LogP contribution in [0.4, 0.5) is 10.5 Å². The second-order valence-electron chi connectivity index (χ2n) is 7.07. The smallest absolute Gasteiger partial charge is 0.410 e. The van der Waals surface area contributed by atoms with E-state index in [1.54, 1.807) is 11.9 Å². The van der Waals surface area contributed by atoms with Gasteiger partial charge in [0, 0.05) is 25.8 Å². The Balaban J connectivity index is 1.69. The van der Waals surface area contributed by atoms with Gasteiger partial charge in [0.15, 0.2) is 5.96 Å². The van der Waals surface area contributed by atoms with Gasteiger partial charge in [0.1, 0.15) is 5.60 Å². The van der Waals surface area contributed by atoms with Gasteiger partial charge in [-0.05, 0) is 32.9 Å². The standard InChI is InChI=1S/C18H27N5O3/c1-18(2,3)26-17(25)23-11-14(12-23)22-16(19-4)20-10-15(24)21-13-8-6-5-7-9-13/h5-9,14H,10-12H2,1-4H3,(H,21,24)(H2,19,20,22). The van der Waals surface area contributed by atoms with Gasteiger partial charge in [-0.15, -0.1) is 0 Å². The van der Waals surface area contributed by atoms with Gasteiger partial charge in [-0.25, -0.2) is 4.79 Å². The number of anilines is 1. The Morgan fingerprint density at radius 2 is 1.88 bits per heavy atom. The molecule has 8 heteroatoms. The van der Waals surface area contributed by atoms with Gasteiger partial charge in [0.2, 0.25) is 5.91 Å². The fraction of sp³-hybridized carbons (Fsp3) is 0.500. The fourth-order valence-electron chi connectivity index (χ4n) is 2.32. The number of guanidine groups is 1. The summed E-state index contributed by atoms with van der Waals surface area (Å²) in [5, 5.41) is 8.94. The molecule has 1 aromatic carbocycles. The third-order valence-electron chi connectivity index (χ3n) is 3.57. The maximum atomic E-state index is 12.0. The van der Waals surface area contributed by atoms with Crippen molar-refractivity contribution >= 4 is 23.6 Å². The highest BCUT2D eigenvalue weighted by Gasteiger charge is 2.34. The molecule has 0 unspecified atom stereocenters. The third kappa shape index (κ3) is 6.27. The molecule has 142 valence electrons. The normalized spacial score (nSPS) is 15.1. The second kappa shape index (κ2) is 8.55. The summed E-state index contributed by atoms with van der Waals surface area (Å²) in [6, 6.07) is 9.33. The van der Waals surface area contributed by atoms with Gasteiger partial charge in [-0.3, -0.25) is 9.79 Å². The molecule has 8 nitrogen and oxygen atoms in total. The van der Waals surface area contributed by atoms with Crippen molar-refractivity contribution < 1.29 is 14.3 Å². The molecule has 0 aromatic heterocycles. The fourth-order valence-corrected chi connectivity index (χ4v) is 2.32. The first-order valence-electron chi connectivity index (χ1n) is 8.57. The van der Waals surface area contributed by atoms with E-state index in [-0.39, 0.29) is 24.6 Å². The number of amides is 2. The Labute approximate surface area is 154 Å². The van der Waals surface area contributed by atoms with Crippen molar-refractivity contribution in [1.82, 2.24) is 15.5 Å². The number of para-hydroxylation sites is 1. The van der Waals surface area contributed by atoms with Crippen LogP contribution in [0.2, 0.25) is 0 Å². The van der Waals surface area contributed by atoms with Crippen LogP contribution in [0.1, 0.15) is 20.8 Å². The molecule has 3 N–H and O–H groups in total. The SMILES string of the molecule is CN=C(NCC(=O)Nc1ccccc1)NC1CN(C(=O)OC(C)(C)C)C1. The molecule has 1 aliphatic rings. The Hall–Kier alpha value is -2.77. The third-order valence-corrected chi connectivity index (χ3v) is 3.57. The summed E-state index contributed by atoms with van der Waals surface area (Å²) in [4.78, 5) is 29.6. The van der Waals surface area contributed by atoms with Gasteiger partial charge in [-0.2, -0.15) is 0 Å². The molecule has 0 atom stereocenters. The van der Waals surface area contributed by atoms with Gasteiger partial charge < -0.3 is 25.6 Å². The molecule has 1 aliphatic heterocycles. The summed E-state index contributed by atoms with van der Waals surface area (Å²) >= 11 is 0. The molecule has 2 rings (SSSR count). The van der Waals surface area contributed by atoms with Gasteiger partial charge in [-0.1, -0.05) is 18.2 Å². The lowest BCUT2D eigenvalue weighted by atomic mass is 10.1. The first kappa shape index (κ1) is 19.6. The van der Waals surface area contributed by atoms with Crippen molar-refractivity contribution in [2.75, 3.05) is 32.0 Å². The number of aliphatic imine (C=N–C) groups is 1. The molecule has 0 spiro atoms. The number of carbonyl (C=O) groups is 2. The van der Waals surface area contributed by atoms with E-state index in [0.29, 0.717) is 19.0 Å². The van der Waals surface area contributed by atoms with Crippen molar-refractivity contribution in [3.63, 3.8) is 0 Å². The molecule has 1 saturated heterocycles. The van der Waals surface area contributed by atoms with Crippen LogP contribution in [-0.4, -0.2) is 61.2 Å². The molecule has 0 bridgehead atoms. The Morgan fingerprint density at radius 1 is 1.23 bits per heavy atom. The monoisotopic (exact) mass is 361 g/mol. The highest BCUT2D eigenvalue weighted by Crippen LogP contribution is 2.15. The summed E-state index contributed by atoms with van der Waals surface area (Å²) in [7, 11) is 1.63. The van der Waals surface area contributed by atoms with E-state index < -0.39 is 5.60 Å². The van der Waals surface area contributed by atoms with Crippen LogP contribution in [-0.2, 0) is 9.53 Å². The maximum Gasteiger partial charge on any atom is 0.410 e. The average molecular weight is 361 g/mol.